The van der Waals surface area contributed by atoms with Crippen molar-refractivity contribution in [3.05, 3.63) is 53.6 Å². The summed E-state index contributed by atoms with van der Waals surface area (Å²) in [5, 5.41) is 27.6. The van der Waals surface area contributed by atoms with E-state index in [1.165, 1.54) is 4.68 Å². The van der Waals surface area contributed by atoms with Crippen molar-refractivity contribution in [3.8, 4) is 5.75 Å². The number of hydrogen-bond donors (Lipinski definition) is 2. The van der Waals surface area contributed by atoms with E-state index in [2.05, 4.69) is 10.3 Å². The molecule has 0 aliphatic carbocycles. The number of nitrogens with zero attached hydrogens (tertiary/aromatic N) is 3. The maximum Gasteiger partial charge on any atom is 0.333 e. The number of hydrogen-bond acceptors (Lipinski definition) is 4. The number of aromatic nitrogens is 3. The number of fused-ring (bicyclic) bond motifs is 1. The highest BCUT2D eigenvalue weighted by atomic mass is 16.4. The monoisotopic (exact) mass is 283 g/mol. The van der Waals surface area contributed by atoms with Gasteiger partial charge in [-0.05, 0) is 24.6 Å². The standard InChI is InChI=1S/C15H13N3O3/c1-9-5-4-6-10(14(9)19)13(15(20)21)18-12-8-3-2-7-11(12)16-17-18/h2-8,13,19H,1H3,(H,20,21). The third-order valence-corrected chi connectivity index (χ3v) is 3.42. The summed E-state index contributed by atoms with van der Waals surface area (Å²) in [6.45, 7) is 1.72. The van der Waals surface area contributed by atoms with Gasteiger partial charge in [0, 0.05) is 5.56 Å². The molecule has 0 saturated carbocycles. The zero-order chi connectivity index (χ0) is 15.0. The summed E-state index contributed by atoms with van der Waals surface area (Å²) in [6, 6.07) is 11.0. The van der Waals surface area contributed by atoms with Gasteiger partial charge < -0.3 is 10.2 Å². The average molecular weight is 283 g/mol. The Bertz CT molecular complexity index is 826. The third kappa shape index (κ3) is 2.10. The van der Waals surface area contributed by atoms with Crippen LogP contribution >= 0.6 is 0 Å². The quantitative estimate of drug-likeness (QED) is 0.768. The van der Waals surface area contributed by atoms with Crippen LogP contribution in [0.2, 0.25) is 0 Å². The molecule has 6 heteroatoms. The van der Waals surface area contributed by atoms with Gasteiger partial charge >= 0.3 is 5.97 Å². The van der Waals surface area contributed by atoms with Crippen LogP contribution in [0.3, 0.4) is 0 Å². The van der Waals surface area contributed by atoms with Crippen LogP contribution in [0.25, 0.3) is 11.0 Å². The number of aromatic hydroxyl groups is 1. The second kappa shape index (κ2) is 4.90. The first-order chi connectivity index (χ1) is 10.1. The van der Waals surface area contributed by atoms with Gasteiger partial charge in [0.15, 0.2) is 6.04 Å². The molecule has 0 radical (unpaired) electrons. The number of carboxylic acid groups (broad SMARTS) is 1. The Labute approximate surface area is 120 Å². The van der Waals surface area contributed by atoms with Gasteiger partial charge in [-0.2, -0.15) is 0 Å². The van der Waals surface area contributed by atoms with Crippen molar-refractivity contribution < 1.29 is 15.0 Å². The van der Waals surface area contributed by atoms with Crippen molar-refractivity contribution in [1.82, 2.24) is 15.0 Å². The van der Waals surface area contributed by atoms with Crippen LogP contribution in [0.4, 0.5) is 0 Å². The average Bonchev–Trinajstić information content (AvgIpc) is 2.88. The number of aliphatic carboxylic acids is 1. The van der Waals surface area contributed by atoms with E-state index in [1.807, 2.05) is 0 Å². The largest absolute Gasteiger partial charge is 0.507 e. The molecule has 0 aliphatic heterocycles. The number of carboxylic acids is 1. The Morgan fingerprint density at radius 1 is 1.19 bits per heavy atom. The Morgan fingerprint density at radius 2 is 1.95 bits per heavy atom. The number of benzene rings is 2. The minimum atomic E-state index is -1.13. The highest BCUT2D eigenvalue weighted by Crippen LogP contribution is 2.31. The number of aryl methyl sites for hydroxylation is 1. The van der Waals surface area contributed by atoms with Crippen LogP contribution < -0.4 is 0 Å². The van der Waals surface area contributed by atoms with Crippen molar-refractivity contribution in [3.63, 3.8) is 0 Å². The second-order valence-electron chi connectivity index (χ2n) is 4.78. The fraction of sp³-hybridized carbons (Fsp3) is 0.133. The molecule has 0 fully saturated rings. The van der Waals surface area contributed by atoms with Gasteiger partial charge in [0.05, 0.1) is 5.52 Å². The van der Waals surface area contributed by atoms with Crippen molar-refractivity contribution in [2.75, 3.05) is 0 Å². The lowest BCUT2D eigenvalue weighted by molar-refractivity contribution is -0.139. The van der Waals surface area contributed by atoms with Gasteiger partial charge in [-0.15, -0.1) is 5.10 Å². The van der Waals surface area contributed by atoms with Crippen molar-refractivity contribution in [2.24, 2.45) is 0 Å². The summed E-state index contributed by atoms with van der Waals surface area (Å²) >= 11 is 0. The maximum absolute atomic E-state index is 11.7. The van der Waals surface area contributed by atoms with E-state index in [9.17, 15) is 15.0 Å². The van der Waals surface area contributed by atoms with Gasteiger partial charge in [-0.3, -0.25) is 0 Å². The number of para-hydroxylation sites is 2. The smallest absolute Gasteiger partial charge is 0.333 e. The molecule has 0 saturated heterocycles. The molecule has 1 heterocycles. The van der Waals surface area contributed by atoms with E-state index in [-0.39, 0.29) is 11.3 Å². The predicted octanol–water partition coefficient (Wildman–Crippen LogP) is 2.12. The van der Waals surface area contributed by atoms with E-state index in [4.69, 9.17) is 0 Å². The number of phenols is 1. The summed E-state index contributed by atoms with van der Waals surface area (Å²) in [4.78, 5) is 11.7. The molecule has 1 unspecified atom stereocenters. The first kappa shape index (κ1) is 13.1. The van der Waals surface area contributed by atoms with Gasteiger partial charge in [0.1, 0.15) is 11.3 Å². The Hall–Kier alpha value is -2.89. The molecule has 6 nitrogen and oxygen atoms in total. The van der Waals surface area contributed by atoms with Gasteiger partial charge in [0.2, 0.25) is 0 Å². The zero-order valence-corrected chi connectivity index (χ0v) is 11.3. The van der Waals surface area contributed by atoms with Gasteiger partial charge in [-0.25, -0.2) is 9.48 Å². The van der Waals surface area contributed by atoms with E-state index in [0.29, 0.717) is 16.6 Å². The fourth-order valence-electron chi connectivity index (χ4n) is 2.35. The summed E-state index contributed by atoms with van der Waals surface area (Å²) in [5.74, 6) is -1.14. The van der Waals surface area contributed by atoms with Crippen LogP contribution in [0.5, 0.6) is 5.75 Å². The van der Waals surface area contributed by atoms with Crippen molar-refractivity contribution in [2.45, 2.75) is 13.0 Å². The number of phenolic OH excluding ortho intramolecular Hbond substituents is 1. The van der Waals surface area contributed by atoms with E-state index in [1.54, 1.807) is 49.4 Å². The van der Waals surface area contributed by atoms with Crippen LogP contribution in [-0.2, 0) is 4.79 Å². The SMILES string of the molecule is Cc1cccc(C(C(=O)O)n2nnc3ccccc32)c1O. The molecule has 1 aromatic heterocycles. The lowest BCUT2D eigenvalue weighted by Crippen LogP contribution is -2.21. The fourth-order valence-corrected chi connectivity index (χ4v) is 2.35. The Morgan fingerprint density at radius 3 is 2.71 bits per heavy atom. The predicted molar refractivity (Wildman–Crippen MR) is 76.1 cm³/mol. The number of carbonyl (C=O) groups is 1. The summed E-state index contributed by atoms with van der Waals surface area (Å²) in [7, 11) is 0. The van der Waals surface area contributed by atoms with Crippen LogP contribution in [-0.4, -0.2) is 31.2 Å². The second-order valence-corrected chi connectivity index (χ2v) is 4.78. The number of rotatable bonds is 3. The van der Waals surface area contributed by atoms with E-state index < -0.39 is 12.0 Å². The maximum atomic E-state index is 11.7. The van der Waals surface area contributed by atoms with Gasteiger partial charge in [0.25, 0.3) is 0 Å². The highest BCUT2D eigenvalue weighted by Gasteiger charge is 2.28. The topological polar surface area (TPSA) is 88.2 Å². The van der Waals surface area contributed by atoms with E-state index in [0.717, 1.165) is 0 Å². The van der Waals surface area contributed by atoms with Crippen LogP contribution in [0, 0.1) is 6.92 Å². The molecule has 2 aromatic carbocycles. The molecule has 0 spiro atoms. The molecule has 3 aromatic rings. The first-order valence-electron chi connectivity index (χ1n) is 6.41. The van der Waals surface area contributed by atoms with E-state index >= 15 is 0 Å². The lowest BCUT2D eigenvalue weighted by Gasteiger charge is -2.16. The lowest BCUT2D eigenvalue weighted by atomic mass is 10.0. The molecule has 106 valence electrons. The summed E-state index contributed by atoms with van der Waals surface area (Å²) < 4.78 is 1.31. The summed E-state index contributed by atoms with van der Waals surface area (Å²) in [6.07, 6.45) is 0. The Kier molecular flexibility index (Phi) is 3.06. The molecular weight excluding hydrogens is 270 g/mol. The van der Waals surface area contributed by atoms with Crippen molar-refractivity contribution in [1.29, 1.82) is 0 Å². The van der Waals surface area contributed by atoms with Crippen LogP contribution in [0.15, 0.2) is 42.5 Å². The van der Waals surface area contributed by atoms with Gasteiger partial charge in [-0.1, -0.05) is 35.5 Å². The molecular formula is C15H13N3O3. The Balaban J connectivity index is 2.24. The first-order valence-corrected chi connectivity index (χ1v) is 6.41. The molecule has 2 N–H and O–H groups in total. The summed E-state index contributed by atoms with van der Waals surface area (Å²) in [5.41, 5.74) is 2.11. The minimum absolute atomic E-state index is 0.0375. The third-order valence-electron chi connectivity index (χ3n) is 3.42. The molecule has 0 amide bonds. The minimum Gasteiger partial charge on any atom is -0.507 e. The molecule has 3 rings (SSSR count). The normalized spacial score (nSPS) is 12.4. The van der Waals surface area contributed by atoms with Crippen molar-refractivity contribution >= 4 is 17.0 Å². The molecule has 0 bridgehead atoms. The molecule has 0 aliphatic rings. The molecule has 1 atom stereocenters. The zero-order valence-electron chi connectivity index (χ0n) is 11.3. The van der Waals surface area contributed by atoms with Crippen LogP contribution in [0.1, 0.15) is 17.2 Å². The molecule has 21 heavy (non-hydrogen) atoms. The highest BCUT2D eigenvalue weighted by molar-refractivity contribution is 5.81.